The molecule has 2 heterocycles. The highest BCUT2D eigenvalue weighted by molar-refractivity contribution is 7.92. The van der Waals surface area contributed by atoms with Gasteiger partial charge in [0.25, 0.3) is 10.0 Å². The van der Waals surface area contributed by atoms with Crippen LogP contribution in [0.15, 0.2) is 35.2 Å². The summed E-state index contributed by atoms with van der Waals surface area (Å²) in [7, 11) is -0.603. The molecule has 1 saturated carbocycles. The molecule has 1 N–H and O–H groups in total. The Morgan fingerprint density at radius 1 is 1.13 bits per heavy atom. The van der Waals surface area contributed by atoms with Gasteiger partial charge in [-0.25, -0.2) is 13.4 Å². The topological polar surface area (TPSA) is 71.5 Å². The molecule has 0 radical (unpaired) electrons. The molecule has 1 fully saturated rings. The predicted octanol–water partition coefficient (Wildman–Crippen LogP) is 3.52. The molecule has 6 nitrogen and oxygen atoms in total. The van der Waals surface area contributed by atoms with Gasteiger partial charge in [0, 0.05) is 25.2 Å². The molecular formula is C21H24F3N3O3S. The van der Waals surface area contributed by atoms with Gasteiger partial charge < -0.3 is 9.64 Å². The zero-order valence-corrected chi connectivity index (χ0v) is 18.1. The molecule has 1 aromatic heterocycles. The quantitative estimate of drug-likeness (QED) is 0.747. The number of alkyl halides is 3. The average molecular weight is 456 g/mol. The smallest absolute Gasteiger partial charge is 0.398 e. The Morgan fingerprint density at radius 3 is 2.35 bits per heavy atom. The maximum Gasteiger partial charge on any atom is 0.398 e. The molecule has 10 heteroatoms. The highest BCUT2D eigenvalue weighted by Crippen LogP contribution is 2.58. The summed E-state index contributed by atoms with van der Waals surface area (Å²) in [6.45, 7) is 1.68. The van der Waals surface area contributed by atoms with Gasteiger partial charge in [-0.2, -0.15) is 13.2 Å². The van der Waals surface area contributed by atoms with Crippen molar-refractivity contribution >= 4 is 15.7 Å². The van der Waals surface area contributed by atoms with Crippen molar-refractivity contribution in [3.8, 4) is 5.88 Å². The molecule has 1 aliphatic carbocycles. The molecule has 168 valence electrons. The van der Waals surface area contributed by atoms with Gasteiger partial charge >= 0.3 is 6.18 Å². The first-order valence-electron chi connectivity index (χ1n) is 10.0. The summed E-state index contributed by atoms with van der Waals surface area (Å²) in [4.78, 5) is 6.54. The highest BCUT2D eigenvalue weighted by Gasteiger charge is 2.64. The van der Waals surface area contributed by atoms with Gasteiger partial charge in [-0.15, -0.1) is 0 Å². The lowest BCUT2D eigenvalue weighted by atomic mass is 9.95. The number of hydrogen-bond acceptors (Lipinski definition) is 5. The number of sulfonamides is 1. The van der Waals surface area contributed by atoms with Crippen molar-refractivity contribution in [2.24, 2.45) is 0 Å². The summed E-state index contributed by atoms with van der Waals surface area (Å²) in [5, 5.41) is 0. The van der Waals surface area contributed by atoms with E-state index in [-0.39, 0.29) is 34.9 Å². The molecule has 4 rings (SSSR count). The number of hydrogen-bond donors (Lipinski definition) is 1. The predicted molar refractivity (Wildman–Crippen MR) is 110 cm³/mol. The third kappa shape index (κ3) is 4.10. The second-order valence-corrected chi connectivity index (χ2v) is 9.85. The minimum absolute atomic E-state index is 0.0219. The molecule has 0 spiro atoms. The standard InChI is InChI=1S/C21H24F3N3O3S/c1-27-11-7-14-13-18(19(30-2)25-17(14)8-12-27)26-31(28,29)16-5-3-15(4-6-16)20(9-10-20)21(22,23)24/h3-6,13,26H,7-12H2,1-2H3. The molecule has 2 aromatic rings. The summed E-state index contributed by atoms with van der Waals surface area (Å²) in [6.07, 6.45) is -2.84. The molecular weight excluding hydrogens is 431 g/mol. The number of likely N-dealkylation sites (N-methyl/N-ethyl adjacent to an activating group) is 1. The van der Waals surface area contributed by atoms with Crippen LogP contribution >= 0.6 is 0 Å². The van der Waals surface area contributed by atoms with Gasteiger partial charge in [0.1, 0.15) is 5.69 Å². The van der Waals surface area contributed by atoms with Crippen LogP contribution in [0.25, 0.3) is 0 Å². The van der Waals surface area contributed by atoms with E-state index in [1.807, 2.05) is 7.05 Å². The van der Waals surface area contributed by atoms with Gasteiger partial charge in [0.2, 0.25) is 5.88 Å². The maximum atomic E-state index is 13.3. The van der Waals surface area contributed by atoms with E-state index in [4.69, 9.17) is 4.74 Å². The minimum atomic E-state index is -4.35. The van der Waals surface area contributed by atoms with E-state index in [9.17, 15) is 21.6 Å². The van der Waals surface area contributed by atoms with Gasteiger partial charge in [0.05, 0.1) is 17.4 Å². The molecule has 0 unspecified atom stereocenters. The van der Waals surface area contributed by atoms with Crippen LogP contribution in [0.5, 0.6) is 5.88 Å². The highest BCUT2D eigenvalue weighted by atomic mass is 32.2. The molecule has 0 atom stereocenters. The number of nitrogens with one attached hydrogen (secondary N) is 1. The van der Waals surface area contributed by atoms with Crippen LogP contribution in [0.2, 0.25) is 0 Å². The van der Waals surface area contributed by atoms with Crippen LogP contribution < -0.4 is 9.46 Å². The summed E-state index contributed by atoms with van der Waals surface area (Å²) in [5.74, 6) is 0.164. The van der Waals surface area contributed by atoms with E-state index in [1.165, 1.54) is 31.4 Å². The van der Waals surface area contributed by atoms with E-state index in [0.29, 0.717) is 0 Å². The summed E-state index contributed by atoms with van der Waals surface area (Å²) in [6, 6.07) is 6.65. The Kier molecular flexibility index (Phi) is 5.41. The number of pyridine rings is 1. The van der Waals surface area contributed by atoms with Crippen molar-refractivity contribution < 1.29 is 26.3 Å². The van der Waals surface area contributed by atoms with Crippen LogP contribution in [0.1, 0.15) is 29.7 Å². The third-order valence-corrected chi connectivity index (χ3v) is 7.48. The van der Waals surface area contributed by atoms with E-state index < -0.39 is 21.6 Å². The Hall–Kier alpha value is -2.33. The Morgan fingerprint density at radius 2 is 1.77 bits per heavy atom. The van der Waals surface area contributed by atoms with Crippen molar-refractivity contribution in [1.29, 1.82) is 0 Å². The number of fused-ring (bicyclic) bond motifs is 1. The van der Waals surface area contributed by atoms with Crippen LogP contribution in [0.4, 0.5) is 18.9 Å². The van der Waals surface area contributed by atoms with Crippen LogP contribution in [-0.4, -0.2) is 51.7 Å². The number of aromatic nitrogens is 1. The number of methoxy groups -OCH3 is 1. The first-order valence-corrected chi connectivity index (χ1v) is 11.5. The second-order valence-electron chi connectivity index (χ2n) is 8.16. The fraction of sp³-hybridized carbons (Fsp3) is 0.476. The zero-order chi connectivity index (χ0) is 22.4. The summed E-state index contributed by atoms with van der Waals surface area (Å²) >= 11 is 0. The van der Waals surface area contributed by atoms with Crippen molar-refractivity contribution in [2.45, 2.75) is 42.2 Å². The first kappa shape index (κ1) is 21.9. The van der Waals surface area contributed by atoms with Crippen molar-refractivity contribution in [3.05, 3.63) is 47.2 Å². The van der Waals surface area contributed by atoms with Crippen LogP contribution in [0, 0.1) is 0 Å². The molecule has 31 heavy (non-hydrogen) atoms. The van der Waals surface area contributed by atoms with Gasteiger partial charge in [-0.3, -0.25) is 4.72 Å². The summed E-state index contributed by atoms with van der Waals surface area (Å²) < 4.78 is 73.6. The Bertz CT molecular complexity index is 1080. The molecule has 1 aromatic carbocycles. The number of rotatable bonds is 5. The Labute approximate surface area is 179 Å². The molecule has 2 aliphatic rings. The summed E-state index contributed by atoms with van der Waals surface area (Å²) in [5.41, 5.74) is 0.269. The van der Waals surface area contributed by atoms with Crippen molar-refractivity contribution in [3.63, 3.8) is 0 Å². The molecule has 1 aliphatic heterocycles. The van der Waals surface area contributed by atoms with Crippen LogP contribution in [0.3, 0.4) is 0 Å². The molecule has 0 amide bonds. The van der Waals surface area contributed by atoms with Gasteiger partial charge in [-0.05, 0) is 55.6 Å². The third-order valence-electron chi connectivity index (χ3n) is 6.10. The monoisotopic (exact) mass is 455 g/mol. The van der Waals surface area contributed by atoms with Gasteiger partial charge in [0.15, 0.2) is 0 Å². The number of benzene rings is 1. The number of ether oxygens (including phenoxy) is 1. The van der Waals surface area contributed by atoms with Crippen molar-refractivity contribution in [1.82, 2.24) is 9.88 Å². The largest absolute Gasteiger partial charge is 0.479 e. The first-order chi connectivity index (χ1) is 14.6. The minimum Gasteiger partial charge on any atom is -0.479 e. The number of halogens is 3. The van der Waals surface area contributed by atoms with E-state index in [1.54, 1.807) is 6.07 Å². The van der Waals surface area contributed by atoms with E-state index in [0.717, 1.165) is 37.2 Å². The maximum absolute atomic E-state index is 13.3. The molecule has 0 saturated heterocycles. The van der Waals surface area contributed by atoms with Crippen LogP contribution in [-0.2, 0) is 28.3 Å². The second kappa shape index (κ2) is 7.67. The lowest BCUT2D eigenvalue weighted by Crippen LogP contribution is -2.28. The van der Waals surface area contributed by atoms with Crippen molar-refractivity contribution in [2.75, 3.05) is 32.0 Å². The fourth-order valence-corrected chi connectivity index (χ4v) is 5.02. The number of anilines is 1. The Balaban J connectivity index is 1.61. The average Bonchev–Trinajstić information content (AvgIpc) is 3.54. The number of nitrogens with zero attached hydrogens (tertiary/aromatic N) is 2. The molecule has 0 bridgehead atoms. The SMILES string of the molecule is COc1nc2c(cc1NS(=O)(=O)c1ccc(C3(C(F)(F)F)CC3)cc1)CCN(C)CC2. The normalized spacial score (nSPS) is 18.7. The van der Waals surface area contributed by atoms with Gasteiger partial charge in [-0.1, -0.05) is 12.1 Å². The van der Waals surface area contributed by atoms with E-state index in [2.05, 4.69) is 14.6 Å². The lowest BCUT2D eigenvalue weighted by Gasteiger charge is -2.20. The van der Waals surface area contributed by atoms with E-state index >= 15 is 0 Å². The lowest BCUT2D eigenvalue weighted by molar-refractivity contribution is -0.160. The zero-order valence-electron chi connectivity index (χ0n) is 17.3. The fourth-order valence-electron chi connectivity index (χ4n) is 3.97.